The van der Waals surface area contributed by atoms with Crippen LogP contribution in [0, 0.1) is 12.8 Å². The zero-order chi connectivity index (χ0) is 13.8. The lowest BCUT2D eigenvalue weighted by Crippen LogP contribution is -2.29. The third kappa shape index (κ3) is 3.97. The Morgan fingerprint density at radius 2 is 2.05 bits per heavy atom. The monoisotopic (exact) mass is 260 g/mol. The largest absolute Gasteiger partial charge is 0.374 e. The molecule has 19 heavy (non-hydrogen) atoms. The van der Waals surface area contributed by atoms with Crippen molar-refractivity contribution < 1.29 is 0 Å². The molecule has 1 fully saturated rings. The van der Waals surface area contributed by atoms with Crippen LogP contribution in [-0.4, -0.2) is 19.6 Å². The standard InChI is InChI=1S/C17H28N2/c1-13(2)18-11-16-8-9-17(10-14(16)3)19(4)12-15-6-5-7-15/h8-10,13,15,18H,5-7,11-12H2,1-4H3. The van der Waals surface area contributed by atoms with Crippen molar-refractivity contribution in [3.8, 4) is 0 Å². The molecule has 0 aromatic heterocycles. The van der Waals surface area contributed by atoms with Crippen LogP contribution in [-0.2, 0) is 6.54 Å². The third-order valence-electron chi connectivity index (χ3n) is 4.22. The van der Waals surface area contributed by atoms with Gasteiger partial charge in [0.15, 0.2) is 0 Å². The van der Waals surface area contributed by atoms with Gasteiger partial charge in [0.25, 0.3) is 0 Å². The highest BCUT2D eigenvalue weighted by Crippen LogP contribution is 2.28. The van der Waals surface area contributed by atoms with Gasteiger partial charge < -0.3 is 10.2 Å². The molecule has 0 amide bonds. The second kappa shape index (κ2) is 6.42. The van der Waals surface area contributed by atoms with E-state index in [0.29, 0.717) is 6.04 Å². The Morgan fingerprint density at radius 1 is 1.32 bits per heavy atom. The number of nitrogens with zero attached hydrogens (tertiary/aromatic N) is 1. The first-order valence-electron chi connectivity index (χ1n) is 7.60. The molecular formula is C17H28N2. The summed E-state index contributed by atoms with van der Waals surface area (Å²) >= 11 is 0. The lowest BCUT2D eigenvalue weighted by atomic mass is 9.85. The van der Waals surface area contributed by atoms with Gasteiger partial charge in [0, 0.05) is 31.9 Å². The minimum absolute atomic E-state index is 0.542. The first kappa shape index (κ1) is 14.4. The van der Waals surface area contributed by atoms with Crippen LogP contribution < -0.4 is 10.2 Å². The number of anilines is 1. The second-order valence-corrected chi connectivity index (χ2v) is 6.32. The molecule has 0 saturated heterocycles. The number of benzene rings is 1. The number of hydrogen-bond acceptors (Lipinski definition) is 2. The molecule has 0 bridgehead atoms. The molecule has 1 aliphatic rings. The van der Waals surface area contributed by atoms with Crippen molar-refractivity contribution in [3.63, 3.8) is 0 Å². The smallest absolute Gasteiger partial charge is 0.0366 e. The van der Waals surface area contributed by atoms with Crippen molar-refractivity contribution in [2.75, 3.05) is 18.5 Å². The lowest BCUT2D eigenvalue weighted by molar-refractivity contribution is 0.321. The molecule has 1 aliphatic carbocycles. The van der Waals surface area contributed by atoms with Gasteiger partial charge in [-0.05, 0) is 48.9 Å². The van der Waals surface area contributed by atoms with Crippen LogP contribution in [0.15, 0.2) is 18.2 Å². The summed E-state index contributed by atoms with van der Waals surface area (Å²) in [5, 5.41) is 3.49. The number of aryl methyl sites for hydroxylation is 1. The minimum atomic E-state index is 0.542. The van der Waals surface area contributed by atoms with Crippen LogP contribution in [0.2, 0.25) is 0 Å². The Morgan fingerprint density at radius 3 is 2.58 bits per heavy atom. The lowest BCUT2D eigenvalue weighted by Gasteiger charge is -2.31. The average Bonchev–Trinajstić information content (AvgIpc) is 2.31. The highest BCUT2D eigenvalue weighted by molar-refractivity contribution is 5.50. The van der Waals surface area contributed by atoms with Gasteiger partial charge in [-0.25, -0.2) is 0 Å². The van der Waals surface area contributed by atoms with E-state index in [2.05, 4.69) is 56.2 Å². The highest BCUT2D eigenvalue weighted by atomic mass is 15.1. The average molecular weight is 260 g/mol. The number of rotatable bonds is 6. The van der Waals surface area contributed by atoms with E-state index in [1.807, 2.05) is 0 Å². The maximum absolute atomic E-state index is 3.49. The topological polar surface area (TPSA) is 15.3 Å². The molecule has 0 heterocycles. The predicted octanol–water partition coefficient (Wildman–Crippen LogP) is 3.73. The van der Waals surface area contributed by atoms with Gasteiger partial charge in [-0.15, -0.1) is 0 Å². The molecule has 0 aliphatic heterocycles. The van der Waals surface area contributed by atoms with E-state index in [0.717, 1.165) is 12.5 Å². The summed E-state index contributed by atoms with van der Waals surface area (Å²) in [6, 6.07) is 7.41. The Bertz CT molecular complexity index is 408. The van der Waals surface area contributed by atoms with Crippen LogP contribution in [0.5, 0.6) is 0 Å². The summed E-state index contributed by atoms with van der Waals surface area (Å²) < 4.78 is 0. The van der Waals surface area contributed by atoms with Gasteiger partial charge in [0.2, 0.25) is 0 Å². The second-order valence-electron chi connectivity index (χ2n) is 6.32. The summed E-state index contributed by atoms with van der Waals surface area (Å²) in [6.07, 6.45) is 4.26. The first-order chi connectivity index (χ1) is 9.06. The fraction of sp³-hybridized carbons (Fsp3) is 0.647. The molecule has 0 spiro atoms. The Kier molecular flexibility index (Phi) is 4.87. The van der Waals surface area contributed by atoms with Gasteiger partial charge in [-0.1, -0.05) is 26.3 Å². The summed E-state index contributed by atoms with van der Waals surface area (Å²) in [5.74, 6) is 0.924. The molecule has 1 aromatic rings. The zero-order valence-corrected chi connectivity index (χ0v) is 12.9. The molecule has 1 aromatic carbocycles. The maximum atomic E-state index is 3.49. The summed E-state index contributed by atoms with van der Waals surface area (Å²) in [4.78, 5) is 2.41. The molecule has 0 radical (unpaired) electrons. The van der Waals surface area contributed by atoms with Crippen molar-refractivity contribution in [2.45, 2.75) is 52.6 Å². The molecular weight excluding hydrogens is 232 g/mol. The van der Waals surface area contributed by atoms with E-state index in [1.54, 1.807) is 0 Å². The minimum Gasteiger partial charge on any atom is -0.374 e. The molecule has 2 heteroatoms. The first-order valence-corrected chi connectivity index (χ1v) is 7.60. The number of nitrogens with one attached hydrogen (secondary N) is 1. The van der Waals surface area contributed by atoms with Gasteiger partial charge in [0.1, 0.15) is 0 Å². The quantitative estimate of drug-likeness (QED) is 0.838. The van der Waals surface area contributed by atoms with E-state index < -0.39 is 0 Å². The third-order valence-corrected chi connectivity index (χ3v) is 4.22. The normalized spacial score (nSPS) is 15.6. The molecule has 2 nitrogen and oxygen atoms in total. The SMILES string of the molecule is Cc1cc(N(C)CC2CCC2)ccc1CNC(C)C. The maximum Gasteiger partial charge on any atom is 0.0366 e. The van der Waals surface area contributed by atoms with Crippen molar-refractivity contribution in [1.82, 2.24) is 5.32 Å². The van der Waals surface area contributed by atoms with Crippen molar-refractivity contribution in [2.24, 2.45) is 5.92 Å². The molecule has 0 atom stereocenters. The zero-order valence-electron chi connectivity index (χ0n) is 12.9. The van der Waals surface area contributed by atoms with Crippen molar-refractivity contribution in [1.29, 1.82) is 0 Å². The summed E-state index contributed by atoms with van der Waals surface area (Å²) in [7, 11) is 2.22. The molecule has 1 N–H and O–H groups in total. The van der Waals surface area contributed by atoms with Gasteiger partial charge in [0.05, 0.1) is 0 Å². The Hall–Kier alpha value is -1.02. The fourth-order valence-electron chi connectivity index (χ4n) is 2.60. The van der Waals surface area contributed by atoms with Crippen LogP contribution in [0.1, 0.15) is 44.2 Å². The van der Waals surface area contributed by atoms with Gasteiger partial charge in [-0.3, -0.25) is 0 Å². The molecule has 2 rings (SSSR count). The van der Waals surface area contributed by atoms with Crippen LogP contribution >= 0.6 is 0 Å². The summed E-state index contributed by atoms with van der Waals surface area (Å²) in [5.41, 5.74) is 4.17. The van der Waals surface area contributed by atoms with Crippen LogP contribution in [0.4, 0.5) is 5.69 Å². The van der Waals surface area contributed by atoms with Crippen molar-refractivity contribution in [3.05, 3.63) is 29.3 Å². The van der Waals surface area contributed by atoms with Crippen LogP contribution in [0.25, 0.3) is 0 Å². The number of hydrogen-bond donors (Lipinski definition) is 1. The Labute approximate surface area is 118 Å². The van der Waals surface area contributed by atoms with E-state index in [9.17, 15) is 0 Å². The van der Waals surface area contributed by atoms with E-state index in [1.165, 1.54) is 42.6 Å². The van der Waals surface area contributed by atoms with Crippen molar-refractivity contribution >= 4 is 5.69 Å². The van der Waals surface area contributed by atoms with E-state index in [-0.39, 0.29) is 0 Å². The van der Waals surface area contributed by atoms with E-state index in [4.69, 9.17) is 0 Å². The van der Waals surface area contributed by atoms with Crippen LogP contribution in [0.3, 0.4) is 0 Å². The fourth-order valence-corrected chi connectivity index (χ4v) is 2.60. The highest BCUT2D eigenvalue weighted by Gasteiger charge is 2.19. The summed E-state index contributed by atoms with van der Waals surface area (Å²) in [6.45, 7) is 8.78. The molecule has 106 valence electrons. The van der Waals surface area contributed by atoms with Gasteiger partial charge >= 0.3 is 0 Å². The molecule has 0 unspecified atom stereocenters. The van der Waals surface area contributed by atoms with E-state index >= 15 is 0 Å². The molecule has 1 saturated carbocycles. The van der Waals surface area contributed by atoms with Gasteiger partial charge in [-0.2, -0.15) is 0 Å². The predicted molar refractivity (Wildman–Crippen MR) is 83.8 cm³/mol. The Balaban J connectivity index is 1.96.